The molecule has 1 aromatic rings. The van der Waals surface area contributed by atoms with Gasteiger partial charge >= 0.3 is 0 Å². The number of ether oxygens (including phenoxy) is 2. The molecule has 22 heavy (non-hydrogen) atoms. The Morgan fingerprint density at radius 3 is 2.55 bits per heavy atom. The lowest BCUT2D eigenvalue weighted by Crippen LogP contribution is -2.40. The minimum absolute atomic E-state index is 0.0658. The van der Waals surface area contributed by atoms with Crippen molar-refractivity contribution in [2.75, 3.05) is 20.8 Å². The number of carbonyl (C=O) groups excluding carboxylic acids is 1. The predicted octanol–water partition coefficient (Wildman–Crippen LogP) is 1.66. The number of benzene rings is 1. The first kappa shape index (κ1) is 16.8. The Balaban J connectivity index is 2.22. The molecule has 0 bridgehead atoms. The molecular formula is C15H21NO5S. The van der Waals surface area contributed by atoms with Crippen LogP contribution in [0, 0.1) is 5.92 Å². The van der Waals surface area contributed by atoms with E-state index in [4.69, 9.17) is 9.47 Å². The molecule has 1 fully saturated rings. The van der Waals surface area contributed by atoms with Crippen LogP contribution in [0.4, 0.5) is 0 Å². The minimum atomic E-state index is -3.86. The van der Waals surface area contributed by atoms with Gasteiger partial charge in [0.1, 0.15) is 5.75 Å². The summed E-state index contributed by atoms with van der Waals surface area (Å²) >= 11 is 0. The molecule has 1 saturated heterocycles. The third kappa shape index (κ3) is 3.10. The minimum Gasteiger partial charge on any atom is -0.497 e. The smallest absolute Gasteiger partial charge is 0.266 e. The summed E-state index contributed by atoms with van der Waals surface area (Å²) in [4.78, 5) is 12.6. The van der Waals surface area contributed by atoms with Crippen LogP contribution in [0.15, 0.2) is 29.2 Å². The zero-order chi connectivity index (χ0) is 16.3. The first-order valence-corrected chi connectivity index (χ1v) is 8.64. The molecule has 1 heterocycles. The Labute approximate surface area is 131 Å². The summed E-state index contributed by atoms with van der Waals surface area (Å²) in [6.07, 6.45) is 1.04. The molecule has 0 aromatic heterocycles. The van der Waals surface area contributed by atoms with E-state index in [0.717, 1.165) is 4.31 Å². The highest BCUT2D eigenvalue weighted by atomic mass is 32.2. The van der Waals surface area contributed by atoms with Crippen molar-refractivity contribution in [2.24, 2.45) is 5.92 Å². The van der Waals surface area contributed by atoms with Gasteiger partial charge in [0.15, 0.2) is 0 Å². The molecule has 0 spiro atoms. The van der Waals surface area contributed by atoms with Gasteiger partial charge in [-0.05, 0) is 37.1 Å². The Bertz CT molecular complexity index is 626. The van der Waals surface area contributed by atoms with E-state index >= 15 is 0 Å². The molecule has 0 radical (unpaired) electrons. The highest BCUT2D eigenvalue weighted by molar-refractivity contribution is 7.89. The molecule has 122 valence electrons. The van der Waals surface area contributed by atoms with E-state index < -0.39 is 21.8 Å². The van der Waals surface area contributed by atoms with Gasteiger partial charge in [-0.25, -0.2) is 12.7 Å². The second kappa shape index (κ2) is 6.66. The van der Waals surface area contributed by atoms with Crippen molar-refractivity contribution in [1.82, 2.24) is 4.31 Å². The van der Waals surface area contributed by atoms with Gasteiger partial charge in [-0.3, -0.25) is 4.79 Å². The molecule has 1 aromatic carbocycles. The van der Waals surface area contributed by atoms with Crippen LogP contribution < -0.4 is 4.74 Å². The van der Waals surface area contributed by atoms with Crippen molar-refractivity contribution >= 4 is 15.9 Å². The standard InChI is InChI=1S/C15H21NO5S/c1-4-14-13(9-10-21-14)15(17)16(2)22(18,19)12-7-5-11(20-3)6-8-12/h5-8,13-14H,4,9-10H2,1-3H3/t13-,14+/m1/s1. The topological polar surface area (TPSA) is 72.9 Å². The van der Waals surface area contributed by atoms with E-state index in [9.17, 15) is 13.2 Å². The van der Waals surface area contributed by atoms with Crippen LogP contribution in [-0.2, 0) is 19.6 Å². The number of methoxy groups -OCH3 is 1. The Hall–Kier alpha value is -1.60. The van der Waals surface area contributed by atoms with Crippen molar-refractivity contribution in [3.8, 4) is 5.75 Å². The third-order valence-electron chi connectivity index (χ3n) is 3.96. The van der Waals surface area contributed by atoms with Crippen molar-refractivity contribution in [3.63, 3.8) is 0 Å². The molecule has 1 amide bonds. The van der Waals surface area contributed by atoms with E-state index in [2.05, 4.69) is 0 Å². The summed E-state index contributed by atoms with van der Waals surface area (Å²) in [7, 11) is -1.06. The number of hydrogen-bond acceptors (Lipinski definition) is 5. The fraction of sp³-hybridized carbons (Fsp3) is 0.533. The number of nitrogens with zero attached hydrogens (tertiary/aromatic N) is 1. The van der Waals surface area contributed by atoms with Crippen molar-refractivity contribution < 1.29 is 22.7 Å². The average Bonchev–Trinajstić information content (AvgIpc) is 3.02. The van der Waals surface area contributed by atoms with E-state index in [0.29, 0.717) is 25.2 Å². The highest BCUT2D eigenvalue weighted by Crippen LogP contribution is 2.27. The molecule has 0 saturated carbocycles. The molecule has 0 unspecified atom stereocenters. The van der Waals surface area contributed by atoms with E-state index in [1.165, 1.54) is 26.3 Å². The molecule has 0 aliphatic carbocycles. The molecule has 2 rings (SSSR count). The molecule has 0 N–H and O–H groups in total. The number of amides is 1. The summed E-state index contributed by atoms with van der Waals surface area (Å²) in [6, 6.07) is 5.97. The molecular weight excluding hydrogens is 306 g/mol. The largest absolute Gasteiger partial charge is 0.497 e. The third-order valence-corrected chi connectivity index (χ3v) is 5.73. The first-order valence-electron chi connectivity index (χ1n) is 7.20. The Kier molecular flexibility index (Phi) is 5.08. The van der Waals surface area contributed by atoms with Gasteiger partial charge in [0.2, 0.25) is 5.91 Å². The van der Waals surface area contributed by atoms with Gasteiger partial charge in [-0.1, -0.05) is 6.92 Å². The predicted molar refractivity (Wildman–Crippen MR) is 81.1 cm³/mol. The summed E-state index contributed by atoms with van der Waals surface area (Å²) in [5, 5.41) is 0. The van der Waals surface area contributed by atoms with Crippen LogP contribution in [0.25, 0.3) is 0 Å². The number of carbonyl (C=O) groups is 1. The van der Waals surface area contributed by atoms with Crippen LogP contribution in [0.2, 0.25) is 0 Å². The van der Waals surface area contributed by atoms with Crippen molar-refractivity contribution in [3.05, 3.63) is 24.3 Å². The summed E-state index contributed by atoms with van der Waals surface area (Å²) in [6.45, 7) is 2.42. The van der Waals surface area contributed by atoms with Crippen LogP contribution in [-0.4, -0.2) is 45.5 Å². The van der Waals surface area contributed by atoms with E-state index in [1.807, 2.05) is 6.92 Å². The molecule has 2 atom stereocenters. The fourth-order valence-corrected chi connectivity index (χ4v) is 3.76. The highest BCUT2D eigenvalue weighted by Gasteiger charge is 2.38. The van der Waals surface area contributed by atoms with Crippen LogP contribution in [0.1, 0.15) is 19.8 Å². The summed E-state index contributed by atoms with van der Waals surface area (Å²) in [5.41, 5.74) is 0. The summed E-state index contributed by atoms with van der Waals surface area (Å²) in [5.74, 6) is -0.258. The lowest BCUT2D eigenvalue weighted by molar-refractivity contribution is -0.131. The maximum absolute atomic E-state index is 12.5. The lowest BCUT2D eigenvalue weighted by Gasteiger charge is -2.23. The van der Waals surface area contributed by atoms with E-state index in [-0.39, 0.29) is 11.0 Å². The van der Waals surface area contributed by atoms with Crippen LogP contribution in [0.3, 0.4) is 0 Å². The fourth-order valence-electron chi connectivity index (χ4n) is 2.59. The first-order chi connectivity index (χ1) is 10.4. The van der Waals surface area contributed by atoms with Gasteiger partial charge in [0.05, 0.1) is 24.0 Å². The molecule has 7 heteroatoms. The maximum atomic E-state index is 12.5. The van der Waals surface area contributed by atoms with Gasteiger partial charge in [0, 0.05) is 13.7 Å². The quantitative estimate of drug-likeness (QED) is 0.822. The average molecular weight is 327 g/mol. The monoisotopic (exact) mass is 327 g/mol. The van der Waals surface area contributed by atoms with Gasteiger partial charge < -0.3 is 9.47 Å². The van der Waals surface area contributed by atoms with Gasteiger partial charge in [-0.15, -0.1) is 0 Å². The number of rotatable bonds is 5. The normalized spacial score (nSPS) is 21.6. The summed E-state index contributed by atoms with van der Waals surface area (Å²) < 4.78 is 36.4. The second-order valence-corrected chi connectivity index (χ2v) is 7.17. The van der Waals surface area contributed by atoms with E-state index in [1.54, 1.807) is 12.1 Å². The molecule has 1 aliphatic rings. The zero-order valence-electron chi connectivity index (χ0n) is 13.0. The molecule has 6 nitrogen and oxygen atoms in total. The van der Waals surface area contributed by atoms with Crippen molar-refractivity contribution in [1.29, 1.82) is 0 Å². The SMILES string of the molecule is CC[C@@H]1OCC[C@H]1C(=O)N(C)S(=O)(=O)c1ccc(OC)cc1. The van der Waals surface area contributed by atoms with Gasteiger partial charge in [0.25, 0.3) is 10.0 Å². The Morgan fingerprint density at radius 1 is 1.36 bits per heavy atom. The number of hydrogen-bond donors (Lipinski definition) is 0. The lowest BCUT2D eigenvalue weighted by atomic mass is 9.99. The van der Waals surface area contributed by atoms with Crippen LogP contribution >= 0.6 is 0 Å². The molecule has 1 aliphatic heterocycles. The Morgan fingerprint density at radius 2 is 2.00 bits per heavy atom. The van der Waals surface area contributed by atoms with Crippen molar-refractivity contribution in [2.45, 2.75) is 30.8 Å². The maximum Gasteiger partial charge on any atom is 0.266 e. The number of sulfonamides is 1. The second-order valence-electron chi connectivity index (χ2n) is 5.20. The van der Waals surface area contributed by atoms with Gasteiger partial charge in [-0.2, -0.15) is 0 Å². The van der Waals surface area contributed by atoms with Crippen LogP contribution in [0.5, 0.6) is 5.75 Å². The zero-order valence-corrected chi connectivity index (χ0v) is 13.8.